The monoisotopic (exact) mass is 174 g/mol. The normalized spacial score (nSPS) is 13.5. The molecule has 1 rings (SSSR count). The first-order valence-corrected chi connectivity index (χ1v) is 4.90. The molecule has 70 valence electrons. The fourth-order valence-electron chi connectivity index (χ4n) is 1.49. The number of benzene rings is 1. The lowest BCUT2D eigenvalue weighted by Crippen LogP contribution is -1.95. The van der Waals surface area contributed by atoms with Crippen LogP contribution in [0.25, 0.3) is 0 Å². The molecule has 0 saturated heterocycles. The van der Waals surface area contributed by atoms with Crippen molar-refractivity contribution in [2.24, 2.45) is 5.92 Å². The lowest BCUT2D eigenvalue weighted by molar-refractivity contribution is 0.722. The van der Waals surface area contributed by atoms with Crippen molar-refractivity contribution >= 4 is 0 Å². The van der Waals surface area contributed by atoms with Gasteiger partial charge < -0.3 is 0 Å². The van der Waals surface area contributed by atoms with Crippen LogP contribution in [0.2, 0.25) is 0 Å². The maximum atomic E-state index is 2.25. The Labute approximate surface area is 81.3 Å². The molecule has 0 amide bonds. The van der Waals surface area contributed by atoms with Crippen LogP contribution in [0.1, 0.15) is 25.0 Å². The second-order valence-corrected chi connectivity index (χ2v) is 3.69. The van der Waals surface area contributed by atoms with Crippen molar-refractivity contribution in [3.63, 3.8) is 0 Å². The molecule has 0 aliphatic carbocycles. The Balaban J connectivity index is 2.59. The van der Waals surface area contributed by atoms with Gasteiger partial charge in [-0.05, 0) is 31.7 Å². The molecular formula is C13H18. The van der Waals surface area contributed by atoms with E-state index in [9.17, 15) is 0 Å². The largest absolute Gasteiger partial charge is 0.0914 e. The molecular weight excluding hydrogens is 156 g/mol. The van der Waals surface area contributed by atoms with Gasteiger partial charge in [-0.2, -0.15) is 0 Å². The van der Waals surface area contributed by atoms with Crippen molar-refractivity contribution in [3.05, 3.63) is 47.5 Å². The van der Waals surface area contributed by atoms with E-state index in [0.29, 0.717) is 5.92 Å². The average molecular weight is 174 g/mol. The fourth-order valence-corrected chi connectivity index (χ4v) is 1.49. The molecule has 0 aromatic heterocycles. The highest BCUT2D eigenvalue weighted by atomic mass is 14.0. The molecule has 0 aliphatic rings. The highest BCUT2D eigenvalue weighted by molar-refractivity contribution is 5.22. The highest BCUT2D eigenvalue weighted by Crippen LogP contribution is 2.10. The molecule has 1 atom stereocenters. The summed E-state index contributed by atoms with van der Waals surface area (Å²) in [6.07, 6.45) is 5.52. The van der Waals surface area contributed by atoms with Gasteiger partial charge in [0.25, 0.3) is 0 Å². The first kappa shape index (κ1) is 10.0. The van der Waals surface area contributed by atoms with Gasteiger partial charge in [0.05, 0.1) is 0 Å². The summed E-state index contributed by atoms with van der Waals surface area (Å²) in [6.45, 7) is 6.45. The second kappa shape index (κ2) is 4.86. The highest BCUT2D eigenvalue weighted by Gasteiger charge is 1.98. The van der Waals surface area contributed by atoms with Crippen molar-refractivity contribution in [2.45, 2.75) is 27.2 Å². The summed E-state index contributed by atoms with van der Waals surface area (Å²) in [5.41, 5.74) is 2.76. The van der Waals surface area contributed by atoms with E-state index < -0.39 is 0 Å². The number of rotatable bonds is 3. The van der Waals surface area contributed by atoms with E-state index in [0.717, 1.165) is 6.42 Å². The SMILES string of the molecule is C/C=C\C(C)Cc1ccc(C)cc1. The zero-order valence-electron chi connectivity index (χ0n) is 8.75. The van der Waals surface area contributed by atoms with E-state index in [2.05, 4.69) is 57.2 Å². The van der Waals surface area contributed by atoms with Gasteiger partial charge in [-0.1, -0.05) is 48.9 Å². The summed E-state index contributed by atoms with van der Waals surface area (Å²) in [7, 11) is 0. The standard InChI is InChI=1S/C13H18/c1-4-5-12(3)10-13-8-6-11(2)7-9-13/h4-9,12H,10H2,1-3H3/b5-4-. The Hall–Kier alpha value is -1.04. The van der Waals surface area contributed by atoms with Gasteiger partial charge >= 0.3 is 0 Å². The third-order valence-electron chi connectivity index (χ3n) is 2.20. The molecule has 0 saturated carbocycles. The number of allylic oxidation sites excluding steroid dienone is 2. The van der Waals surface area contributed by atoms with Crippen LogP contribution in [0.3, 0.4) is 0 Å². The molecule has 1 aromatic rings. The number of hydrogen-bond donors (Lipinski definition) is 0. The molecule has 0 fully saturated rings. The van der Waals surface area contributed by atoms with Crippen molar-refractivity contribution < 1.29 is 0 Å². The summed E-state index contributed by atoms with van der Waals surface area (Å²) in [5, 5.41) is 0. The molecule has 0 heterocycles. The summed E-state index contributed by atoms with van der Waals surface area (Å²) in [6, 6.07) is 8.79. The van der Waals surface area contributed by atoms with Gasteiger partial charge in [-0.25, -0.2) is 0 Å². The smallest absolute Gasteiger partial charge is 0.0218 e. The molecule has 0 N–H and O–H groups in total. The van der Waals surface area contributed by atoms with Gasteiger partial charge in [-0.3, -0.25) is 0 Å². The Morgan fingerprint density at radius 2 is 1.85 bits per heavy atom. The number of hydrogen-bond acceptors (Lipinski definition) is 0. The van der Waals surface area contributed by atoms with Gasteiger partial charge in [0.1, 0.15) is 0 Å². The summed E-state index contributed by atoms with van der Waals surface area (Å²) in [5.74, 6) is 0.646. The van der Waals surface area contributed by atoms with Crippen LogP contribution >= 0.6 is 0 Å². The first-order valence-electron chi connectivity index (χ1n) is 4.90. The lowest BCUT2D eigenvalue weighted by atomic mass is 10.00. The van der Waals surface area contributed by atoms with Crippen molar-refractivity contribution in [1.82, 2.24) is 0 Å². The zero-order valence-corrected chi connectivity index (χ0v) is 8.75. The molecule has 0 bridgehead atoms. The van der Waals surface area contributed by atoms with Crippen molar-refractivity contribution in [1.29, 1.82) is 0 Å². The van der Waals surface area contributed by atoms with E-state index in [1.807, 2.05) is 0 Å². The van der Waals surface area contributed by atoms with Crippen LogP contribution in [0, 0.1) is 12.8 Å². The predicted octanol–water partition coefficient (Wildman–Crippen LogP) is 3.75. The minimum Gasteiger partial charge on any atom is -0.0914 e. The molecule has 1 aromatic carbocycles. The molecule has 1 unspecified atom stereocenters. The molecule has 13 heavy (non-hydrogen) atoms. The maximum absolute atomic E-state index is 2.25. The van der Waals surface area contributed by atoms with Crippen LogP contribution in [-0.4, -0.2) is 0 Å². The number of aryl methyl sites for hydroxylation is 1. The topological polar surface area (TPSA) is 0 Å². The Morgan fingerprint density at radius 1 is 1.23 bits per heavy atom. The van der Waals surface area contributed by atoms with Crippen LogP contribution in [0.5, 0.6) is 0 Å². The van der Waals surface area contributed by atoms with Crippen molar-refractivity contribution in [2.75, 3.05) is 0 Å². The summed E-state index contributed by atoms with van der Waals surface area (Å²) >= 11 is 0. The quantitative estimate of drug-likeness (QED) is 0.612. The Morgan fingerprint density at radius 3 is 2.38 bits per heavy atom. The van der Waals surface area contributed by atoms with Crippen LogP contribution in [0.4, 0.5) is 0 Å². The minimum absolute atomic E-state index is 0.646. The maximum Gasteiger partial charge on any atom is -0.0218 e. The van der Waals surface area contributed by atoms with Crippen LogP contribution in [0.15, 0.2) is 36.4 Å². The molecule has 0 nitrogen and oxygen atoms in total. The molecule has 0 heteroatoms. The zero-order chi connectivity index (χ0) is 9.68. The summed E-state index contributed by atoms with van der Waals surface area (Å²) < 4.78 is 0. The predicted molar refractivity (Wildman–Crippen MR) is 58.9 cm³/mol. The Bertz CT molecular complexity index is 267. The van der Waals surface area contributed by atoms with E-state index in [1.54, 1.807) is 0 Å². The van der Waals surface area contributed by atoms with Crippen LogP contribution < -0.4 is 0 Å². The third kappa shape index (κ3) is 3.45. The second-order valence-electron chi connectivity index (χ2n) is 3.69. The van der Waals surface area contributed by atoms with E-state index >= 15 is 0 Å². The van der Waals surface area contributed by atoms with E-state index in [1.165, 1.54) is 11.1 Å². The molecule has 0 radical (unpaired) electrons. The van der Waals surface area contributed by atoms with Crippen LogP contribution in [-0.2, 0) is 6.42 Å². The minimum atomic E-state index is 0.646. The van der Waals surface area contributed by atoms with E-state index in [4.69, 9.17) is 0 Å². The van der Waals surface area contributed by atoms with Crippen molar-refractivity contribution in [3.8, 4) is 0 Å². The Kier molecular flexibility index (Phi) is 3.75. The van der Waals surface area contributed by atoms with E-state index in [-0.39, 0.29) is 0 Å². The first-order chi connectivity index (χ1) is 6.22. The van der Waals surface area contributed by atoms with Gasteiger partial charge in [0.15, 0.2) is 0 Å². The molecule has 0 spiro atoms. The lowest BCUT2D eigenvalue weighted by Gasteiger charge is -2.06. The average Bonchev–Trinajstić information content (AvgIpc) is 2.09. The fraction of sp³-hybridized carbons (Fsp3) is 0.385. The van der Waals surface area contributed by atoms with Gasteiger partial charge in [-0.15, -0.1) is 0 Å². The summed E-state index contributed by atoms with van der Waals surface area (Å²) in [4.78, 5) is 0. The molecule has 0 aliphatic heterocycles. The van der Waals surface area contributed by atoms with Gasteiger partial charge in [0, 0.05) is 0 Å². The third-order valence-corrected chi connectivity index (χ3v) is 2.20. The van der Waals surface area contributed by atoms with Gasteiger partial charge in [0.2, 0.25) is 0 Å².